The number of carbonyl (C=O) groups is 8. The number of thioether (sulfide) groups is 1. The molecule has 0 aromatic rings. The van der Waals surface area contributed by atoms with Crippen molar-refractivity contribution >= 4 is 81.4 Å². The van der Waals surface area contributed by atoms with E-state index in [1.54, 1.807) is 6.92 Å². The number of rotatable bonds is 39. The molecule has 0 saturated carbocycles. The van der Waals surface area contributed by atoms with Gasteiger partial charge in [-0.2, -0.15) is 0 Å². The standard InChI is InChI=1S/C37H67N9O17P2S/c1-2-40-29(47)9-10-30(48)43-17-20-60-22-23-61-21-18-44-31(49)11-12-33(51)45-26(35(39)53)7-3-4-15-42-32(50)13-19-46-34(52)25-27(36(46)54)66-24-5-8-28(38)41-16-6-14-37(55,62-64(56)57)63-65(58)59/h26-27,55,64-65H,2-25H2,1H3,(H2,38,41)(H2,39,53)(H,40,47)(H,42,50)(H,43,48)(H,44,49)(H,45,51)(H,56,57)(H,58,59)/t26-,27?/m0/s1. The van der Waals surface area contributed by atoms with Crippen LogP contribution in [-0.4, -0.2) is 162 Å². The summed E-state index contributed by atoms with van der Waals surface area (Å²) in [6.45, 7) is 4.02. The number of imide groups is 1. The molecule has 1 saturated heterocycles. The minimum atomic E-state index is -3.68. The molecule has 0 radical (unpaired) electrons. The first kappa shape index (κ1) is 60.0. The zero-order valence-corrected chi connectivity index (χ0v) is 39.9. The molecule has 0 bridgehead atoms. The first-order chi connectivity index (χ1) is 31.3. The molecule has 1 aliphatic heterocycles. The van der Waals surface area contributed by atoms with Crippen LogP contribution >= 0.6 is 28.3 Å². The monoisotopic (exact) mass is 1000 g/mol. The molecule has 0 aromatic carbocycles. The molecule has 12 N–H and O–H groups in total. The highest BCUT2D eigenvalue weighted by Gasteiger charge is 2.38. The van der Waals surface area contributed by atoms with E-state index in [4.69, 9.17) is 30.4 Å². The number of hydrogen-bond acceptors (Lipinski definition) is 17. The third kappa shape index (κ3) is 29.6. The third-order valence-corrected chi connectivity index (χ3v) is 11.4. The molecule has 66 heavy (non-hydrogen) atoms. The maximum atomic E-state index is 12.8. The van der Waals surface area contributed by atoms with Crippen LogP contribution in [0.5, 0.6) is 0 Å². The van der Waals surface area contributed by atoms with Gasteiger partial charge in [0.15, 0.2) is 0 Å². The largest absolute Gasteiger partial charge is 0.377 e. The Hall–Kier alpha value is -4.04. The summed E-state index contributed by atoms with van der Waals surface area (Å²) in [5, 5.41) is 33.2. The number of nitrogens with zero attached hydrogens (tertiary/aromatic N) is 1. The SMILES string of the molecule is CCNC(=O)CCC(=O)NCCOCCOCCNC(=O)CCC(=O)N[C@@H](CCCCNC(=O)CCN1C(=O)CC(SCCCC(=N)NCCCC(O)(O[PH](=O)O)O[PH](=O)O)C1=O)C(N)=O. The van der Waals surface area contributed by atoms with Crippen LogP contribution < -0.4 is 37.6 Å². The zero-order valence-electron chi connectivity index (χ0n) is 37.1. The Bertz CT molecular complexity index is 1640. The van der Waals surface area contributed by atoms with E-state index in [0.717, 1.165) is 4.90 Å². The maximum Gasteiger partial charge on any atom is 0.320 e. The number of ether oxygens (including phenoxy) is 2. The summed E-state index contributed by atoms with van der Waals surface area (Å²) in [6.07, 6.45) is 1.18. The van der Waals surface area contributed by atoms with E-state index in [2.05, 4.69) is 40.9 Å². The van der Waals surface area contributed by atoms with E-state index in [0.29, 0.717) is 38.1 Å². The van der Waals surface area contributed by atoms with Gasteiger partial charge in [0.1, 0.15) is 6.04 Å². The van der Waals surface area contributed by atoms with Crippen molar-refractivity contribution in [3.63, 3.8) is 0 Å². The summed E-state index contributed by atoms with van der Waals surface area (Å²) in [7, 11) is -7.36. The van der Waals surface area contributed by atoms with Gasteiger partial charge >= 0.3 is 16.5 Å². The van der Waals surface area contributed by atoms with Crippen molar-refractivity contribution in [2.24, 2.45) is 5.73 Å². The predicted molar refractivity (Wildman–Crippen MR) is 239 cm³/mol. The molecule has 0 spiro atoms. The van der Waals surface area contributed by atoms with Crippen LogP contribution in [0.15, 0.2) is 0 Å². The van der Waals surface area contributed by atoms with Gasteiger partial charge in [-0.3, -0.25) is 66.8 Å². The van der Waals surface area contributed by atoms with Gasteiger partial charge in [-0.15, -0.1) is 11.8 Å². The Labute approximate surface area is 388 Å². The number of amidine groups is 1. The van der Waals surface area contributed by atoms with Crippen LogP contribution in [0.1, 0.15) is 90.4 Å². The molecule has 8 amide bonds. The average molecular weight is 1000 g/mol. The molecule has 378 valence electrons. The summed E-state index contributed by atoms with van der Waals surface area (Å²) in [6, 6.07) is -0.983. The zero-order chi connectivity index (χ0) is 49.3. The molecule has 0 aromatic heterocycles. The van der Waals surface area contributed by atoms with Gasteiger partial charge < -0.3 is 62.0 Å². The highest BCUT2D eigenvalue weighted by Crippen LogP contribution is 2.35. The van der Waals surface area contributed by atoms with Gasteiger partial charge in [-0.25, -0.2) is 0 Å². The van der Waals surface area contributed by atoms with Crippen molar-refractivity contribution in [1.82, 2.24) is 36.8 Å². The summed E-state index contributed by atoms with van der Waals surface area (Å²) in [4.78, 5) is 116. The van der Waals surface area contributed by atoms with E-state index >= 15 is 0 Å². The average Bonchev–Trinajstić information content (AvgIpc) is 3.51. The van der Waals surface area contributed by atoms with Crippen molar-refractivity contribution in [3.8, 4) is 0 Å². The van der Waals surface area contributed by atoms with Gasteiger partial charge in [-0.05, 0) is 44.8 Å². The van der Waals surface area contributed by atoms with Gasteiger partial charge in [-0.1, -0.05) is 0 Å². The molecular weight excluding hydrogens is 936 g/mol. The minimum Gasteiger partial charge on any atom is -0.377 e. The van der Waals surface area contributed by atoms with Crippen molar-refractivity contribution in [2.45, 2.75) is 108 Å². The molecule has 1 aliphatic rings. The summed E-state index contributed by atoms with van der Waals surface area (Å²) in [5.74, 6) is -5.48. The second kappa shape index (κ2) is 35.2. The van der Waals surface area contributed by atoms with Gasteiger partial charge in [0, 0.05) is 90.6 Å². The number of primary amides is 1. The van der Waals surface area contributed by atoms with Crippen LogP contribution in [0.2, 0.25) is 0 Å². The van der Waals surface area contributed by atoms with E-state index in [1.807, 2.05) is 0 Å². The third-order valence-electron chi connectivity index (χ3n) is 9.12. The number of aliphatic hydroxyl groups is 1. The lowest BCUT2D eigenvalue weighted by atomic mass is 10.1. The Balaban J connectivity index is 2.16. The number of carbonyl (C=O) groups excluding carboxylic acids is 8. The molecule has 1 heterocycles. The first-order valence-electron chi connectivity index (χ1n) is 21.5. The number of likely N-dealkylation sites (tertiary alicyclic amines) is 1. The quantitative estimate of drug-likeness (QED) is 0.00794. The smallest absolute Gasteiger partial charge is 0.320 e. The molecule has 1 fully saturated rings. The first-order valence-corrected chi connectivity index (χ1v) is 25.1. The maximum absolute atomic E-state index is 12.8. The van der Waals surface area contributed by atoms with Crippen LogP contribution in [0.4, 0.5) is 0 Å². The van der Waals surface area contributed by atoms with Crippen molar-refractivity contribution in [1.29, 1.82) is 5.41 Å². The van der Waals surface area contributed by atoms with E-state index in [1.165, 1.54) is 11.8 Å². The number of amides is 8. The molecular formula is C37H67N9O17P2S. The Morgan fingerprint density at radius 1 is 0.758 bits per heavy atom. The van der Waals surface area contributed by atoms with E-state index in [-0.39, 0.29) is 128 Å². The highest BCUT2D eigenvalue weighted by atomic mass is 32.2. The van der Waals surface area contributed by atoms with Gasteiger partial charge in [0.25, 0.3) is 5.97 Å². The Kier molecular flexibility index (Phi) is 31.9. The van der Waals surface area contributed by atoms with E-state index < -0.39 is 75.6 Å². The lowest BCUT2D eigenvalue weighted by molar-refractivity contribution is -0.277. The van der Waals surface area contributed by atoms with E-state index in [9.17, 15) is 52.6 Å². The highest BCUT2D eigenvalue weighted by molar-refractivity contribution is 8.00. The number of nitrogens with one attached hydrogen (secondary N) is 7. The minimum absolute atomic E-state index is 0.0241. The number of nitrogens with two attached hydrogens (primary N) is 1. The lowest BCUT2D eigenvalue weighted by Gasteiger charge is -2.24. The molecule has 29 heteroatoms. The molecule has 1 rings (SSSR count). The normalized spacial score (nSPS) is 15.8. The second-order valence-electron chi connectivity index (χ2n) is 14.5. The summed E-state index contributed by atoms with van der Waals surface area (Å²) in [5.41, 5.74) is 5.45. The van der Waals surface area contributed by atoms with Crippen LogP contribution in [0, 0.1) is 5.41 Å². The van der Waals surface area contributed by atoms with Gasteiger partial charge in [0.2, 0.25) is 47.3 Å². The molecule has 26 nitrogen and oxygen atoms in total. The number of unbranched alkanes of at least 4 members (excludes halogenated alkanes) is 1. The Morgan fingerprint density at radius 3 is 1.85 bits per heavy atom. The molecule has 3 unspecified atom stereocenters. The van der Waals surface area contributed by atoms with Crippen molar-refractivity contribution in [2.75, 3.05) is 71.4 Å². The second-order valence-corrected chi connectivity index (χ2v) is 17.3. The van der Waals surface area contributed by atoms with Crippen molar-refractivity contribution < 1.29 is 80.9 Å². The van der Waals surface area contributed by atoms with Crippen LogP contribution in [0.25, 0.3) is 0 Å². The van der Waals surface area contributed by atoms with Crippen molar-refractivity contribution in [3.05, 3.63) is 0 Å². The molecule has 4 atom stereocenters. The van der Waals surface area contributed by atoms with Crippen LogP contribution in [-0.2, 0) is 66.0 Å². The van der Waals surface area contributed by atoms with Gasteiger partial charge in [0.05, 0.1) is 37.5 Å². The summed E-state index contributed by atoms with van der Waals surface area (Å²) < 4.78 is 41.2. The number of hydrogen-bond donors (Lipinski definition) is 11. The van der Waals surface area contributed by atoms with Crippen LogP contribution in [0.3, 0.4) is 0 Å². The predicted octanol–water partition coefficient (Wildman–Crippen LogP) is -1.97. The fourth-order valence-corrected chi connectivity index (χ4v) is 7.89. The summed E-state index contributed by atoms with van der Waals surface area (Å²) >= 11 is 1.26. The lowest BCUT2D eigenvalue weighted by Crippen LogP contribution is -2.44. The molecule has 0 aliphatic carbocycles. The topological polar surface area (TPSA) is 394 Å². The fraction of sp³-hybridized carbons (Fsp3) is 0.757. The fourth-order valence-electron chi connectivity index (χ4n) is 5.85. The Morgan fingerprint density at radius 2 is 1.29 bits per heavy atom.